The Morgan fingerprint density at radius 3 is 2.61 bits per heavy atom. The molecule has 31 heavy (non-hydrogen) atoms. The van der Waals surface area contributed by atoms with E-state index in [0.29, 0.717) is 30.2 Å². The zero-order valence-electron chi connectivity index (χ0n) is 17.7. The molecule has 8 heteroatoms. The van der Waals surface area contributed by atoms with E-state index >= 15 is 0 Å². The molecule has 4 rings (SSSR count). The molecule has 0 bridgehead atoms. The number of hydrogen-bond acceptors (Lipinski definition) is 5. The number of ether oxygens (including phenoxy) is 2. The molecule has 0 unspecified atom stereocenters. The summed E-state index contributed by atoms with van der Waals surface area (Å²) in [5.41, 5.74) is 3.19. The molecule has 0 atom stereocenters. The first-order chi connectivity index (χ1) is 15.1. The van der Waals surface area contributed by atoms with E-state index < -0.39 is 0 Å². The van der Waals surface area contributed by atoms with Gasteiger partial charge in [0.25, 0.3) is 5.91 Å². The SMILES string of the molecule is COc1ccc(CC(=O)NC2CCN(C(=O)c3ccc4nc[nH]c4c3)CC2)cc1OC. The first-order valence-electron chi connectivity index (χ1n) is 10.3. The molecule has 0 spiro atoms. The van der Waals surface area contributed by atoms with Crippen molar-refractivity contribution in [1.29, 1.82) is 0 Å². The summed E-state index contributed by atoms with van der Waals surface area (Å²) in [6, 6.07) is 11.0. The number of imidazole rings is 1. The maximum absolute atomic E-state index is 12.8. The molecule has 1 fully saturated rings. The highest BCUT2D eigenvalue weighted by Gasteiger charge is 2.25. The molecule has 2 heterocycles. The van der Waals surface area contributed by atoms with Gasteiger partial charge in [0.05, 0.1) is 38.0 Å². The summed E-state index contributed by atoms with van der Waals surface area (Å²) in [5.74, 6) is 1.21. The van der Waals surface area contributed by atoms with Gasteiger partial charge in [0.15, 0.2) is 11.5 Å². The van der Waals surface area contributed by atoms with Crippen LogP contribution < -0.4 is 14.8 Å². The van der Waals surface area contributed by atoms with E-state index in [2.05, 4.69) is 15.3 Å². The molecular formula is C23H26N4O4. The van der Waals surface area contributed by atoms with E-state index in [9.17, 15) is 9.59 Å². The highest BCUT2D eigenvalue weighted by atomic mass is 16.5. The van der Waals surface area contributed by atoms with Crippen molar-refractivity contribution in [3.8, 4) is 11.5 Å². The molecule has 162 valence electrons. The van der Waals surface area contributed by atoms with Crippen LogP contribution in [0.4, 0.5) is 0 Å². The van der Waals surface area contributed by atoms with Crippen molar-refractivity contribution in [2.24, 2.45) is 0 Å². The molecule has 1 saturated heterocycles. The van der Waals surface area contributed by atoms with Crippen LogP contribution in [0.15, 0.2) is 42.7 Å². The fraction of sp³-hybridized carbons (Fsp3) is 0.348. The summed E-state index contributed by atoms with van der Waals surface area (Å²) < 4.78 is 10.5. The third kappa shape index (κ3) is 4.63. The normalized spacial score (nSPS) is 14.5. The lowest BCUT2D eigenvalue weighted by molar-refractivity contribution is -0.121. The number of aromatic amines is 1. The third-order valence-corrected chi connectivity index (χ3v) is 5.63. The molecule has 2 aromatic carbocycles. The Morgan fingerprint density at radius 1 is 1.10 bits per heavy atom. The van der Waals surface area contributed by atoms with Gasteiger partial charge in [-0.3, -0.25) is 9.59 Å². The summed E-state index contributed by atoms with van der Waals surface area (Å²) in [5, 5.41) is 3.09. The summed E-state index contributed by atoms with van der Waals surface area (Å²) in [6.45, 7) is 1.22. The number of methoxy groups -OCH3 is 2. The zero-order valence-corrected chi connectivity index (χ0v) is 17.7. The Bertz CT molecular complexity index is 1090. The van der Waals surface area contributed by atoms with Crippen LogP contribution in [-0.4, -0.2) is 60.0 Å². The molecule has 1 aliphatic heterocycles. The summed E-state index contributed by atoms with van der Waals surface area (Å²) >= 11 is 0. The predicted molar refractivity (Wildman–Crippen MR) is 116 cm³/mol. The maximum Gasteiger partial charge on any atom is 0.253 e. The van der Waals surface area contributed by atoms with Crippen molar-refractivity contribution in [2.75, 3.05) is 27.3 Å². The van der Waals surface area contributed by atoms with E-state index in [1.54, 1.807) is 26.6 Å². The number of amides is 2. The number of fused-ring (bicyclic) bond motifs is 1. The number of hydrogen-bond donors (Lipinski definition) is 2. The van der Waals surface area contributed by atoms with E-state index in [1.165, 1.54) is 0 Å². The topological polar surface area (TPSA) is 96.5 Å². The first-order valence-corrected chi connectivity index (χ1v) is 10.3. The molecule has 0 aliphatic carbocycles. The summed E-state index contributed by atoms with van der Waals surface area (Å²) in [6.07, 6.45) is 3.35. The van der Waals surface area contributed by atoms with Crippen LogP contribution in [0.3, 0.4) is 0 Å². The molecule has 1 aliphatic rings. The fourth-order valence-corrected chi connectivity index (χ4v) is 3.93. The highest BCUT2D eigenvalue weighted by Crippen LogP contribution is 2.27. The van der Waals surface area contributed by atoms with Crippen molar-refractivity contribution in [3.63, 3.8) is 0 Å². The molecule has 1 aromatic heterocycles. The number of piperidine rings is 1. The van der Waals surface area contributed by atoms with Gasteiger partial charge in [-0.25, -0.2) is 4.98 Å². The number of carbonyl (C=O) groups excluding carboxylic acids is 2. The Morgan fingerprint density at radius 2 is 1.87 bits per heavy atom. The van der Waals surface area contributed by atoms with E-state index in [1.807, 2.05) is 35.2 Å². The molecule has 8 nitrogen and oxygen atoms in total. The number of rotatable bonds is 6. The number of nitrogens with one attached hydrogen (secondary N) is 2. The number of nitrogens with zero attached hydrogens (tertiary/aromatic N) is 2. The van der Waals surface area contributed by atoms with Crippen molar-refractivity contribution in [1.82, 2.24) is 20.2 Å². The summed E-state index contributed by atoms with van der Waals surface area (Å²) in [7, 11) is 3.15. The second kappa shape index (κ2) is 9.07. The minimum Gasteiger partial charge on any atom is -0.493 e. The number of likely N-dealkylation sites (tertiary alicyclic amines) is 1. The van der Waals surface area contributed by atoms with Gasteiger partial charge >= 0.3 is 0 Å². The Labute approximate surface area is 180 Å². The third-order valence-electron chi connectivity index (χ3n) is 5.63. The molecular weight excluding hydrogens is 396 g/mol. The van der Waals surface area contributed by atoms with Crippen LogP contribution in [-0.2, 0) is 11.2 Å². The lowest BCUT2D eigenvalue weighted by Gasteiger charge is -2.32. The Balaban J connectivity index is 1.29. The zero-order chi connectivity index (χ0) is 21.8. The Hall–Kier alpha value is -3.55. The summed E-state index contributed by atoms with van der Waals surface area (Å²) in [4.78, 5) is 34.4. The molecule has 2 amide bonds. The van der Waals surface area contributed by atoms with Gasteiger partial charge < -0.3 is 24.7 Å². The Kier molecular flexibility index (Phi) is 6.06. The van der Waals surface area contributed by atoms with E-state index in [4.69, 9.17) is 9.47 Å². The van der Waals surface area contributed by atoms with Crippen molar-refractivity contribution < 1.29 is 19.1 Å². The van der Waals surface area contributed by atoms with E-state index in [0.717, 1.165) is 29.4 Å². The van der Waals surface area contributed by atoms with Gasteiger partial charge in [0.1, 0.15) is 0 Å². The molecule has 0 saturated carbocycles. The monoisotopic (exact) mass is 422 g/mol. The lowest BCUT2D eigenvalue weighted by atomic mass is 10.0. The minimum absolute atomic E-state index is 0.00612. The van der Waals surface area contributed by atoms with Crippen molar-refractivity contribution >= 4 is 22.8 Å². The van der Waals surface area contributed by atoms with Crippen LogP contribution in [0, 0.1) is 0 Å². The van der Waals surface area contributed by atoms with Gasteiger partial charge in [0, 0.05) is 24.7 Å². The van der Waals surface area contributed by atoms with Gasteiger partial charge in [-0.05, 0) is 48.7 Å². The fourth-order valence-electron chi connectivity index (χ4n) is 3.93. The average Bonchev–Trinajstić information content (AvgIpc) is 3.27. The quantitative estimate of drug-likeness (QED) is 0.636. The van der Waals surface area contributed by atoms with Gasteiger partial charge in [-0.15, -0.1) is 0 Å². The van der Waals surface area contributed by atoms with Crippen LogP contribution in [0.1, 0.15) is 28.8 Å². The predicted octanol–water partition coefficient (Wildman–Crippen LogP) is 2.54. The minimum atomic E-state index is -0.0401. The smallest absolute Gasteiger partial charge is 0.253 e. The standard InChI is InChI=1S/C23H26N4O4/c1-30-20-6-3-15(11-21(20)31-2)12-22(28)26-17-7-9-27(10-8-17)23(29)16-4-5-18-19(13-16)25-14-24-18/h3-6,11,13-14,17H,7-10,12H2,1-2H3,(H,24,25)(H,26,28). The van der Waals surface area contributed by atoms with Crippen molar-refractivity contribution in [3.05, 3.63) is 53.9 Å². The van der Waals surface area contributed by atoms with Gasteiger partial charge in [0.2, 0.25) is 5.91 Å². The average molecular weight is 422 g/mol. The number of H-pyrrole nitrogens is 1. The van der Waals surface area contributed by atoms with Crippen molar-refractivity contribution in [2.45, 2.75) is 25.3 Å². The number of aromatic nitrogens is 2. The van der Waals surface area contributed by atoms with Crippen LogP contribution in [0.25, 0.3) is 11.0 Å². The van der Waals surface area contributed by atoms with E-state index in [-0.39, 0.29) is 24.3 Å². The van der Waals surface area contributed by atoms with Crippen LogP contribution >= 0.6 is 0 Å². The van der Waals surface area contributed by atoms with Crippen LogP contribution in [0.5, 0.6) is 11.5 Å². The highest BCUT2D eigenvalue weighted by molar-refractivity contribution is 5.97. The molecule has 3 aromatic rings. The first kappa shape index (κ1) is 20.7. The van der Waals surface area contributed by atoms with Gasteiger partial charge in [-0.2, -0.15) is 0 Å². The second-order valence-electron chi connectivity index (χ2n) is 7.63. The maximum atomic E-state index is 12.8. The largest absolute Gasteiger partial charge is 0.493 e. The lowest BCUT2D eigenvalue weighted by Crippen LogP contribution is -2.46. The second-order valence-corrected chi connectivity index (χ2v) is 7.63. The number of benzene rings is 2. The molecule has 2 N–H and O–H groups in total. The molecule has 0 radical (unpaired) electrons. The van der Waals surface area contributed by atoms with Crippen LogP contribution in [0.2, 0.25) is 0 Å². The number of carbonyl (C=O) groups is 2. The van der Waals surface area contributed by atoms with Gasteiger partial charge in [-0.1, -0.05) is 6.07 Å².